The highest BCUT2D eigenvalue weighted by Crippen LogP contribution is 2.61. The van der Waals surface area contributed by atoms with E-state index in [2.05, 4.69) is 0 Å². The first-order chi connectivity index (χ1) is 10.1. The molecule has 21 heavy (non-hydrogen) atoms. The van der Waals surface area contributed by atoms with E-state index in [4.69, 9.17) is 5.73 Å². The van der Waals surface area contributed by atoms with Crippen LogP contribution in [-0.4, -0.2) is 23.8 Å². The Balaban J connectivity index is 1.64. The maximum atomic E-state index is 12.2. The normalized spacial score (nSPS) is 31.9. The van der Waals surface area contributed by atoms with Crippen molar-refractivity contribution in [2.45, 2.75) is 31.7 Å². The van der Waals surface area contributed by atoms with E-state index in [9.17, 15) is 9.59 Å². The smallest absolute Gasteiger partial charge is 0.260 e. The fraction of sp³-hybridized carbons (Fsp3) is 0.529. The molecule has 2 aliphatic carbocycles. The van der Waals surface area contributed by atoms with Gasteiger partial charge in [-0.05, 0) is 47.8 Å². The molecule has 4 nitrogen and oxygen atoms in total. The molecule has 1 aromatic rings. The van der Waals surface area contributed by atoms with E-state index in [0.29, 0.717) is 17.9 Å². The molecule has 1 aromatic carbocycles. The Labute approximate surface area is 124 Å². The molecule has 2 amide bonds. The molecular formula is C17H20N2O2. The fourth-order valence-electron chi connectivity index (χ4n) is 4.36. The van der Waals surface area contributed by atoms with Gasteiger partial charge in [0.25, 0.3) is 5.91 Å². The molecule has 2 fully saturated rings. The number of carbonyl (C=O) groups is 2. The van der Waals surface area contributed by atoms with Gasteiger partial charge >= 0.3 is 0 Å². The van der Waals surface area contributed by atoms with Crippen molar-refractivity contribution in [1.82, 2.24) is 4.90 Å². The van der Waals surface area contributed by atoms with Gasteiger partial charge < -0.3 is 5.73 Å². The monoisotopic (exact) mass is 284 g/mol. The average Bonchev–Trinajstić information content (AvgIpc) is 2.96. The van der Waals surface area contributed by atoms with Crippen molar-refractivity contribution in [1.29, 1.82) is 0 Å². The van der Waals surface area contributed by atoms with Gasteiger partial charge in [-0.1, -0.05) is 18.6 Å². The van der Waals surface area contributed by atoms with Crippen LogP contribution in [0.2, 0.25) is 0 Å². The Morgan fingerprint density at radius 2 is 1.95 bits per heavy atom. The number of nitrogens with two attached hydrogens (primary N) is 1. The van der Waals surface area contributed by atoms with Crippen LogP contribution in [0.3, 0.4) is 0 Å². The van der Waals surface area contributed by atoms with Crippen LogP contribution in [0.4, 0.5) is 0 Å². The van der Waals surface area contributed by atoms with E-state index < -0.39 is 0 Å². The molecule has 0 aromatic heterocycles. The third-order valence-corrected chi connectivity index (χ3v) is 5.66. The van der Waals surface area contributed by atoms with Crippen molar-refractivity contribution >= 4 is 11.8 Å². The minimum atomic E-state index is -0.203. The van der Waals surface area contributed by atoms with Gasteiger partial charge in [-0.25, -0.2) is 0 Å². The van der Waals surface area contributed by atoms with Crippen molar-refractivity contribution in [3.05, 3.63) is 34.9 Å². The molecule has 0 saturated heterocycles. The minimum absolute atomic E-state index is 0.0290. The zero-order valence-electron chi connectivity index (χ0n) is 12.2. The molecular weight excluding hydrogens is 264 g/mol. The maximum absolute atomic E-state index is 12.2. The molecule has 3 unspecified atom stereocenters. The molecule has 1 heterocycles. The molecule has 3 aliphatic rings. The van der Waals surface area contributed by atoms with Crippen molar-refractivity contribution in [3.8, 4) is 0 Å². The van der Waals surface area contributed by atoms with E-state index in [1.807, 2.05) is 18.2 Å². The van der Waals surface area contributed by atoms with Crippen LogP contribution in [0, 0.1) is 17.8 Å². The SMILES string of the molecule is CN1C(=O)Cc2ccc(C(N)C3C4CCCC43)cc2C1=O. The number of hydrogen-bond acceptors (Lipinski definition) is 3. The van der Waals surface area contributed by atoms with Gasteiger partial charge in [0, 0.05) is 18.7 Å². The molecule has 4 rings (SSSR count). The second-order valence-electron chi connectivity index (χ2n) is 6.71. The second kappa shape index (κ2) is 4.41. The molecule has 0 bridgehead atoms. The van der Waals surface area contributed by atoms with Gasteiger partial charge in [-0.15, -0.1) is 0 Å². The Bertz CT molecular complexity index is 630. The zero-order valence-corrected chi connectivity index (χ0v) is 12.2. The third kappa shape index (κ3) is 1.85. The molecule has 110 valence electrons. The number of amides is 2. The van der Waals surface area contributed by atoms with Gasteiger partial charge in [0.15, 0.2) is 0 Å². The highest BCUT2D eigenvalue weighted by Gasteiger charge is 2.55. The van der Waals surface area contributed by atoms with Crippen LogP contribution in [0.1, 0.15) is 46.8 Å². The lowest BCUT2D eigenvalue weighted by molar-refractivity contribution is -0.127. The summed E-state index contributed by atoms with van der Waals surface area (Å²) in [5.41, 5.74) is 8.96. The van der Waals surface area contributed by atoms with E-state index in [1.54, 1.807) is 7.05 Å². The zero-order chi connectivity index (χ0) is 14.7. The van der Waals surface area contributed by atoms with Gasteiger partial charge in [0.05, 0.1) is 6.42 Å². The topological polar surface area (TPSA) is 63.4 Å². The van der Waals surface area contributed by atoms with Gasteiger partial charge in [-0.2, -0.15) is 0 Å². The lowest BCUT2D eigenvalue weighted by Crippen LogP contribution is -2.39. The van der Waals surface area contributed by atoms with Crippen LogP contribution < -0.4 is 5.73 Å². The first-order valence-corrected chi connectivity index (χ1v) is 7.77. The molecule has 0 spiro atoms. The average molecular weight is 284 g/mol. The maximum Gasteiger partial charge on any atom is 0.260 e. The number of nitrogens with zero attached hydrogens (tertiary/aromatic N) is 1. The lowest BCUT2D eigenvalue weighted by Gasteiger charge is -2.24. The van der Waals surface area contributed by atoms with Crippen molar-refractivity contribution in [2.75, 3.05) is 7.05 Å². The Morgan fingerprint density at radius 3 is 2.67 bits per heavy atom. The number of carbonyl (C=O) groups excluding carboxylic acids is 2. The van der Waals surface area contributed by atoms with Gasteiger partial charge in [0.1, 0.15) is 0 Å². The fourth-order valence-corrected chi connectivity index (χ4v) is 4.36. The summed E-state index contributed by atoms with van der Waals surface area (Å²) in [6.45, 7) is 0. The van der Waals surface area contributed by atoms with Crippen LogP contribution in [-0.2, 0) is 11.2 Å². The second-order valence-corrected chi connectivity index (χ2v) is 6.71. The molecule has 2 N–H and O–H groups in total. The first kappa shape index (κ1) is 13.0. The summed E-state index contributed by atoms with van der Waals surface area (Å²) in [5, 5.41) is 0. The number of hydrogen-bond donors (Lipinski definition) is 1. The van der Waals surface area contributed by atoms with Crippen LogP contribution in [0.15, 0.2) is 18.2 Å². The van der Waals surface area contributed by atoms with Crippen LogP contribution in [0.5, 0.6) is 0 Å². The number of benzene rings is 1. The molecule has 0 radical (unpaired) electrons. The van der Waals surface area contributed by atoms with E-state index in [0.717, 1.165) is 23.0 Å². The minimum Gasteiger partial charge on any atom is -0.324 e. The molecule has 4 heteroatoms. The summed E-state index contributed by atoms with van der Waals surface area (Å²) >= 11 is 0. The summed E-state index contributed by atoms with van der Waals surface area (Å²) in [7, 11) is 1.55. The van der Waals surface area contributed by atoms with Crippen molar-refractivity contribution in [3.63, 3.8) is 0 Å². The molecule has 2 saturated carbocycles. The summed E-state index contributed by atoms with van der Waals surface area (Å²) in [6, 6.07) is 5.86. The molecule has 1 aliphatic heterocycles. The quantitative estimate of drug-likeness (QED) is 0.843. The van der Waals surface area contributed by atoms with E-state index in [-0.39, 0.29) is 17.9 Å². The largest absolute Gasteiger partial charge is 0.324 e. The Hall–Kier alpha value is -1.68. The van der Waals surface area contributed by atoms with Gasteiger partial charge in [-0.3, -0.25) is 14.5 Å². The first-order valence-electron chi connectivity index (χ1n) is 7.77. The van der Waals surface area contributed by atoms with E-state index >= 15 is 0 Å². The third-order valence-electron chi connectivity index (χ3n) is 5.66. The van der Waals surface area contributed by atoms with Crippen molar-refractivity contribution in [2.24, 2.45) is 23.5 Å². The highest BCUT2D eigenvalue weighted by molar-refractivity contribution is 6.09. The van der Waals surface area contributed by atoms with Crippen molar-refractivity contribution < 1.29 is 9.59 Å². The Kier molecular flexibility index (Phi) is 2.73. The Morgan fingerprint density at radius 1 is 1.24 bits per heavy atom. The standard InChI is InChI=1S/C17H20N2O2/c1-19-14(20)8-9-5-6-10(7-13(9)17(19)21)16(18)15-11-3-2-4-12(11)15/h5-7,11-12,15-16H,2-4,8,18H2,1H3. The number of likely N-dealkylation sites (N-methyl/N-ethyl adjacent to an activating group) is 1. The number of rotatable bonds is 2. The lowest BCUT2D eigenvalue weighted by atomic mass is 9.91. The summed E-state index contributed by atoms with van der Waals surface area (Å²) in [6.07, 6.45) is 4.27. The number of fused-ring (bicyclic) bond motifs is 2. The number of imide groups is 1. The van der Waals surface area contributed by atoms with Crippen LogP contribution >= 0.6 is 0 Å². The summed E-state index contributed by atoms with van der Waals surface area (Å²) < 4.78 is 0. The highest BCUT2D eigenvalue weighted by atomic mass is 16.2. The predicted molar refractivity (Wildman–Crippen MR) is 78.5 cm³/mol. The van der Waals surface area contributed by atoms with E-state index in [1.165, 1.54) is 24.2 Å². The van der Waals surface area contributed by atoms with Crippen LogP contribution in [0.25, 0.3) is 0 Å². The van der Waals surface area contributed by atoms with Gasteiger partial charge in [0.2, 0.25) is 5.91 Å². The summed E-state index contributed by atoms with van der Waals surface area (Å²) in [5.74, 6) is 1.86. The molecule has 3 atom stereocenters. The summed E-state index contributed by atoms with van der Waals surface area (Å²) in [4.78, 5) is 25.2. The predicted octanol–water partition coefficient (Wildman–Crippen LogP) is 1.89.